The molecule has 0 radical (unpaired) electrons. The number of carbonyl (C=O) groups is 1. The Labute approximate surface area is 179 Å². The summed E-state index contributed by atoms with van der Waals surface area (Å²) in [4.78, 5) is 27.9. The first kappa shape index (κ1) is 20.1. The molecule has 6 nitrogen and oxygen atoms in total. The Balaban J connectivity index is 1.54. The second kappa shape index (κ2) is 8.00. The van der Waals surface area contributed by atoms with Crippen molar-refractivity contribution in [2.45, 2.75) is 44.7 Å². The zero-order valence-electron chi connectivity index (χ0n) is 17.4. The zero-order chi connectivity index (χ0) is 21.5. The number of rotatable bonds is 4. The number of alkyl halides is 2. The van der Waals surface area contributed by atoms with Gasteiger partial charge in [0.1, 0.15) is 5.78 Å². The van der Waals surface area contributed by atoms with Crippen LogP contribution in [0.3, 0.4) is 0 Å². The molecular formula is C23H25F2N5O. The number of benzene rings is 1. The summed E-state index contributed by atoms with van der Waals surface area (Å²) in [6.07, 6.45) is 2.78. The third-order valence-corrected chi connectivity index (χ3v) is 6.44. The van der Waals surface area contributed by atoms with Crippen molar-refractivity contribution in [2.24, 2.45) is 0 Å². The molecule has 0 aliphatic carbocycles. The molecule has 2 aromatic heterocycles. The van der Waals surface area contributed by atoms with E-state index in [4.69, 9.17) is 0 Å². The number of H-pyrrole nitrogens is 1. The van der Waals surface area contributed by atoms with Crippen LogP contribution in [-0.4, -0.2) is 57.7 Å². The number of aromatic nitrogens is 3. The van der Waals surface area contributed by atoms with Gasteiger partial charge in [-0.3, -0.25) is 9.69 Å². The number of hydrogen-bond acceptors (Lipinski definition) is 5. The van der Waals surface area contributed by atoms with Crippen molar-refractivity contribution in [1.82, 2.24) is 19.9 Å². The highest BCUT2D eigenvalue weighted by molar-refractivity contribution is 5.85. The third-order valence-electron chi connectivity index (χ3n) is 6.44. The minimum atomic E-state index is -2.43. The number of ketones is 1. The van der Waals surface area contributed by atoms with E-state index in [1.54, 1.807) is 12.4 Å². The van der Waals surface area contributed by atoms with Gasteiger partial charge in [0, 0.05) is 66.5 Å². The molecule has 0 unspecified atom stereocenters. The van der Waals surface area contributed by atoms with Crippen LogP contribution in [0.15, 0.2) is 36.7 Å². The molecule has 4 heterocycles. The number of Topliss-reactive ketones (excluding diaryl/α,β-unsaturated/α-hetero) is 1. The minimum absolute atomic E-state index is 0.0431. The van der Waals surface area contributed by atoms with Crippen molar-refractivity contribution < 1.29 is 13.6 Å². The lowest BCUT2D eigenvalue weighted by atomic mass is 9.89. The highest BCUT2D eigenvalue weighted by atomic mass is 19.3. The maximum Gasteiger partial charge on any atom is 0.251 e. The Morgan fingerprint density at radius 3 is 2.58 bits per heavy atom. The van der Waals surface area contributed by atoms with Crippen LogP contribution in [0.25, 0.3) is 10.9 Å². The maximum absolute atomic E-state index is 13.5. The Morgan fingerprint density at radius 1 is 1.16 bits per heavy atom. The maximum atomic E-state index is 13.5. The second-order valence-corrected chi connectivity index (χ2v) is 8.45. The van der Waals surface area contributed by atoms with Crippen LogP contribution in [0.5, 0.6) is 0 Å². The lowest BCUT2D eigenvalue weighted by Gasteiger charge is -2.40. The van der Waals surface area contributed by atoms with E-state index in [0.717, 1.165) is 22.2 Å². The molecular weight excluding hydrogens is 400 g/mol. The quantitative estimate of drug-likeness (QED) is 0.690. The molecule has 2 atom stereocenters. The fourth-order valence-corrected chi connectivity index (χ4v) is 4.90. The van der Waals surface area contributed by atoms with Gasteiger partial charge in [0.15, 0.2) is 0 Å². The average molecular weight is 425 g/mol. The molecule has 0 bridgehead atoms. The Morgan fingerprint density at radius 2 is 1.87 bits per heavy atom. The van der Waals surface area contributed by atoms with Gasteiger partial charge in [0.2, 0.25) is 5.95 Å². The van der Waals surface area contributed by atoms with Crippen LogP contribution in [0.2, 0.25) is 0 Å². The summed E-state index contributed by atoms with van der Waals surface area (Å²) in [5, 5.41) is 1.14. The van der Waals surface area contributed by atoms with Gasteiger partial charge in [0.25, 0.3) is 6.43 Å². The van der Waals surface area contributed by atoms with Crippen LogP contribution in [0.1, 0.15) is 42.6 Å². The summed E-state index contributed by atoms with van der Waals surface area (Å²) in [6.45, 7) is 2.92. The highest BCUT2D eigenvalue weighted by Gasteiger charge is 2.37. The Hall–Kier alpha value is -2.87. The summed E-state index contributed by atoms with van der Waals surface area (Å²) in [7, 11) is 0. The number of nitrogens with one attached hydrogen (secondary N) is 1. The molecule has 1 N–H and O–H groups in total. The van der Waals surface area contributed by atoms with Gasteiger partial charge in [-0.2, -0.15) is 0 Å². The molecule has 1 aromatic carbocycles. The average Bonchev–Trinajstić information content (AvgIpc) is 3.13. The predicted octanol–water partition coefficient (Wildman–Crippen LogP) is 3.73. The lowest BCUT2D eigenvalue weighted by Crippen LogP contribution is -2.45. The summed E-state index contributed by atoms with van der Waals surface area (Å²) >= 11 is 0. The number of nitrogens with zero attached hydrogens (tertiary/aromatic N) is 4. The number of aromatic amines is 1. The normalized spacial score (nSPS) is 22.3. The first-order chi connectivity index (χ1) is 15.0. The van der Waals surface area contributed by atoms with Gasteiger partial charge in [-0.25, -0.2) is 18.7 Å². The van der Waals surface area contributed by atoms with Gasteiger partial charge >= 0.3 is 0 Å². The van der Waals surface area contributed by atoms with Crippen molar-refractivity contribution in [3.8, 4) is 0 Å². The number of para-hydroxylation sites is 1. The Kier molecular flexibility index (Phi) is 5.17. The third kappa shape index (κ3) is 3.69. The van der Waals surface area contributed by atoms with Gasteiger partial charge in [-0.05, 0) is 25.0 Å². The van der Waals surface area contributed by atoms with Crippen molar-refractivity contribution in [3.63, 3.8) is 0 Å². The Bertz CT molecular complexity index is 1090. The van der Waals surface area contributed by atoms with Crippen LogP contribution >= 0.6 is 0 Å². The summed E-state index contributed by atoms with van der Waals surface area (Å²) < 4.78 is 27.0. The zero-order valence-corrected chi connectivity index (χ0v) is 17.4. The summed E-state index contributed by atoms with van der Waals surface area (Å²) in [6, 6.07) is 7.66. The highest BCUT2D eigenvalue weighted by Crippen LogP contribution is 2.40. The SMILES string of the molecule is C[C@@H]1Cc2c([nH]c3ccccc23)[C@@H](c2cnc(N3CCC(=O)CC3)nc2)N1CC(F)F. The fourth-order valence-electron chi connectivity index (χ4n) is 4.90. The van der Waals surface area contributed by atoms with Crippen molar-refractivity contribution >= 4 is 22.6 Å². The van der Waals surface area contributed by atoms with Crippen LogP contribution < -0.4 is 4.90 Å². The van der Waals surface area contributed by atoms with Gasteiger partial charge in [-0.15, -0.1) is 0 Å². The van der Waals surface area contributed by atoms with E-state index >= 15 is 0 Å². The molecule has 1 saturated heterocycles. The standard InChI is InChI=1S/C23H25F2N5O/c1-14-10-18-17-4-2-3-5-19(17)28-21(18)22(30(14)13-20(24)25)15-11-26-23(27-12-15)29-8-6-16(31)7-9-29/h2-5,11-12,14,20,22,28H,6-10,13H2,1H3/t14-,22-/m1/s1. The van der Waals surface area contributed by atoms with Crippen molar-refractivity contribution in [3.05, 3.63) is 53.5 Å². The smallest absolute Gasteiger partial charge is 0.251 e. The fraction of sp³-hybridized carbons (Fsp3) is 0.435. The number of halogens is 2. The molecule has 2 aliphatic rings. The molecule has 31 heavy (non-hydrogen) atoms. The molecule has 3 aromatic rings. The molecule has 2 aliphatic heterocycles. The van der Waals surface area contributed by atoms with E-state index in [0.29, 0.717) is 38.3 Å². The van der Waals surface area contributed by atoms with E-state index in [9.17, 15) is 13.6 Å². The largest absolute Gasteiger partial charge is 0.357 e. The van der Waals surface area contributed by atoms with E-state index in [2.05, 4.69) is 21.0 Å². The van der Waals surface area contributed by atoms with Gasteiger partial charge in [0.05, 0.1) is 12.6 Å². The topological polar surface area (TPSA) is 65.1 Å². The summed E-state index contributed by atoms with van der Waals surface area (Å²) in [5.74, 6) is 0.843. The molecule has 0 amide bonds. The van der Waals surface area contributed by atoms with E-state index in [1.165, 1.54) is 5.56 Å². The number of carbonyl (C=O) groups excluding carboxylic acids is 1. The monoisotopic (exact) mass is 425 g/mol. The number of piperidine rings is 1. The molecule has 0 saturated carbocycles. The van der Waals surface area contributed by atoms with Crippen LogP contribution in [0.4, 0.5) is 14.7 Å². The van der Waals surface area contributed by atoms with E-state index in [-0.39, 0.29) is 24.4 Å². The molecule has 1 fully saturated rings. The van der Waals surface area contributed by atoms with Crippen LogP contribution in [0, 0.1) is 0 Å². The number of anilines is 1. The van der Waals surface area contributed by atoms with Crippen molar-refractivity contribution in [2.75, 3.05) is 24.5 Å². The minimum Gasteiger partial charge on any atom is -0.357 e. The lowest BCUT2D eigenvalue weighted by molar-refractivity contribution is -0.119. The molecule has 162 valence electrons. The summed E-state index contributed by atoms with van der Waals surface area (Å²) in [5.41, 5.74) is 3.92. The van der Waals surface area contributed by atoms with Crippen molar-refractivity contribution in [1.29, 1.82) is 0 Å². The predicted molar refractivity (Wildman–Crippen MR) is 115 cm³/mol. The first-order valence-corrected chi connectivity index (χ1v) is 10.7. The van der Waals surface area contributed by atoms with Crippen LogP contribution in [-0.2, 0) is 11.2 Å². The number of hydrogen-bond donors (Lipinski definition) is 1. The second-order valence-electron chi connectivity index (χ2n) is 8.45. The van der Waals surface area contributed by atoms with E-state index < -0.39 is 6.43 Å². The van der Waals surface area contributed by atoms with Gasteiger partial charge in [-0.1, -0.05) is 18.2 Å². The first-order valence-electron chi connectivity index (χ1n) is 10.7. The number of fused-ring (bicyclic) bond motifs is 3. The van der Waals surface area contributed by atoms with Gasteiger partial charge < -0.3 is 9.88 Å². The molecule has 0 spiro atoms. The molecule has 5 rings (SSSR count). The molecule has 8 heteroatoms. The van der Waals surface area contributed by atoms with E-state index in [1.807, 2.05) is 34.9 Å².